The Hall–Kier alpha value is -1.39. The first-order valence-electron chi connectivity index (χ1n) is 7.19. The van der Waals surface area contributed by atoms with E-state index in [1.54, 1.807) is 0 Å². The predicted molar refractivity (Wildman–Crippen MR) is 93.1 cm³/mol. The summed E-state index contributed by atoms with van der Waals surface area (Å²) in [6, 6.07) is 13.2. The molecule has 4 rings (SSSR count). The number of benzene rings is 1. The number of thiophene rings is 1. The van der Waals surface area contributed by atoms with Crippen molar-refractivity contribution in [2.24, 2.45) is 0 Å². The molecule has 2 nitrogen and oxygen atoms in total. The average molecular weight is 359 g/mol. The van der Waals surface area contributed by atoms with Crippen LogP contribution in [0.25, 0.3) is 10.9 Å². The molecular formula is C17H15BrN2S. The Morgan fingerprint density at radius 3 is 3.14 bits per heavy atom. The average Bonchev–Trinajstić information content (AvgIpc) is 2.89. The van der Waals surface area contributed by atoms with Gasteiger partial charge in [0.05, 0.1) is 15.3 Å². The number of hydrogen-bond donors (Lipinski definition) is 1. The fourth-order valence-corrected chi connectivity index (χ4v) is 4.86. The first kappa shape index (κ1) is 13.3. The minimum absolute atomic E-state index is 0.422. The van der Waals surface area contributed by atoms with Gasteiger partial charge in [-0.15, -0.1) is 11.3 Å². The van der Waals surface area contributed by atoms with E-state index in [9.17, 15) is 0 Å². The van der Waals surface area contributed by atoms with Crippen molar-refractivity contribution in [1.82, 2.24) is 4.98 Å². The van der Waals surface area contributed by atoms with E-state index in [1.165, 1.54) is 44.6 Å². The summed E-state index contributed by atoms with van der Waals surface area (Å²) in [7, 11) is 0. The van der Waals surface area contributed by atoms with Crippen LogP contribution in [0.4, 0.5) is 5.69 Å². The van der Waals surface area contributed by atoms with E-state index in [-0.39, 0.29) is 0 Å². The number of pyridine rings is 1. The smallest absolute Gasteiger partial charge is 0.0705 e. The zero-order valence-electron chi connectivity index (χ0n) is 11.5. The van der Waals surface area contributed by atoms with Crippen LogP contribution < -0.4 is 5.32 Å². The van der Waals surface area contributed by atoms with Crippen LogP contribution in [0, 0.1) is 0 Å². The van der Waals surface area contributed by atoms with Crippen LogP contribution in [0.3, 0.4) is 0 Å². The zero-order valence-corrected chi connectivity index (χ0v) is 13.9. The lowest BCUT2D eigenvalue weighted by atomic mass is 9.94. The van der Waals surface area contributed by atoms with E-state index < -0.39 is 0 Å². The molecule has 2 aromatic heterocycles. The number of hydrogen-bond acceptors (Lipinski definition) is 3. The van der Waals surface area contributed by atoms with Gasteiger partial charge in [0.2, 0.25) is 0 Å². The zero-order chi connectivity index (χ0) is 14.2. The maximum Gasteiger partial charge on any atom is 0.0705 e. The van der Waals surface area contributed by atoms with Crippen molar-refractivity contribution < 1.29 is 0 Å². The molecule has 106 valence electrons. The second-order valence-electron chi connectivity index (χ2n) is 5.43. The molecule has 0 saturated heterocycles. The topological polar surface area (TPSA) is 24.9 Å². The van der Waals surface area contributed by atoms with Gasteiger partial charge in [-0.05, 0) is 71.1 Å². The van der Waals surface area contributed by atoms with Crippen LogP contribution >= 0.6 is 27.3 Å². The number of fused-ring (bicyclic) bond motifs is 2. The second kappa shape index (κ2) is 5.43. The summed E-state index contributed by atoms with van der Waals surface area (Å²) < 4.78 is 1.24. The fourth-order valence-electron chi connectivity index (χ4n) is 3.04. The standard InChI is InChI=1S/C17H15BrN2S/c18-17-10-13-15(4-1-5-16(13)21-17)20-12-6-7-14-11(9-12)3-2-8-19-14/h2-3,6-10,15,20H,1,4-5H2. The van der Waals surface area contributed by atoms with Crippen LogP contribution in [0.2, 0.25) is 0 Å². The third-order valence-corrected chi connectivity index (χ3v) is 5.74. The summed E-state index contributed by atoms with van der Waals surface area (Å²) >= 11 is 5.49. The van der Waals surface area contributed by atoms with Crippen LogP contribution in [0.1, 0.15) is 29.3 Å². The molecule has 1 aromatic carbocycles. The van der Waals surface area contributed by atoms with Gasteiger partial charge >= 0.3 is 0 Å². The number of anilines is 1. The van der Waals surface area contributed by atoms with Gasteiger partial charge < -0.3 is 5.32 Å². The quantitative estimate of drug-likeness (QED) is 0.649. The largest absolute Gasteiger partial charge is 0.378 e. The van der Waals surface area contributed by atoms with Gasteiger partial charge in [0, 0.05) is 22.1 Å². The highest BCUT2D eigenvalue weighted by atomic mass is 79.9. The van der Waals surface area contributed by atoms with Gasteiger partial charge in [-0.25, -0.2) is 0 Å². The van der Waals surface area contributed by atoms with E-state index in [0.29, 0.717) is 6.04 Å². The minimum Gasteiger partial charge on any atom is -0.378 e. The lowest BCUT2D eigenvalue weighted by Gasteiger charge is -2.24. The Morgan fingerprint density at radius 2 is 2.19 bits per heavy atom. The summed E-state index contributed by atoms with van der Waals surface area (Å²) in [5.41, 5.74) is 3.69. The van der Waals surface area contributed by atoms with Crippen LogP contribution in [0.5, 0.6) is 0 Å². The minimum atomic E-state index is 0.422. The van der Waals surface area contributed by atoms with Gasteiger partial charge in [-0.1, -0.05) is 6.07 Å². The number of nitrogens with zero attached hydrogens (tertiary/aromatic N) is 1. The van der Waals surface area contributed by atoms with Gasteiger partial charge in [-0.2, -0.15) is 0 Å². The molecule has 21 heavy (non-hydrogen) atoms. The molecule has 3 aromatic rings. The van der Waals surface area contributed by atoms with Crippen molar-refractivity contribution in [1.29, 1.82) is 0 Å². The molecule has 0 radical (unpaired) electrons. The first-order chi connectivity index (χ1) is 10.3. The molecule has 1 aliphatic carbocycles. The monoisotopic (exact) mass is 358 g/mol. The Balaban J connectivity index is 1.66. The molecule has 1 atom stereocenters. The molecule has 0 spiro atoms. The SMILES string of the molecule is Brc1cc2c(s1)CCCC2Nc1ccc2ncccc2c1. The molecule has 1 unspecified atom stereocenters. The van der Waals surface area contributed by atoms with Crippen molar-refractivity contribution in [3.05, 3.63) is 56.8 Å². The number of aryl methyl sites for hydroxylation is 1. The van der Waals surface area contributed by atoms with E-state index >= 15 is 0 Å². The number of nitrogens with one attached hydrogen (secondary N) is 1. The highest BCUT2D eigenvalue weighted by Gasteiger charge is 2.22. The van der Waals surface area contributed by atoms with Crippen molar-refractivity contribution in [2.45, 2.75) is 25.3 Å². The van der Waals surface area contributed by atoms with Crippen LogP contribution in [-0.2, 0) is 6.42 Å². The molecule has 2 heterocycles. The van der Waals surface area contributed by atoms with Crippen LogP contribution in [-0.4, -0.2) is 4.98 Å². The Labute approximate surface area is 136 Å². The highest BCUT2D eigenvalue weighted by molar-refractivity contribution is 9.11. The predicted octanol–water partition coefficient (Wildman–Crippen LogP) is 5.55. The molecule has 0 amide bonds. The third-order valence-electron chi connectivity index (χ3n) is 4.03. The van der Waals surface area contributed by atoms with E-state index in [1.807, 2.05) is 23.6 Å². The summed E-state index contributed by atoms with van der Waals surface area (Å²) in [5, 5.41) is 4.89. The van der Waals surface area contributed by atoms with Crippen LogP contribution in [0.15, 0.2) is 46.4 Å². The van der Waals surface area contributed by atoms with Gasteiger partial charge in [0.25, 0.3) is 0 Å². The summed E-state index contributed by atoms with van der Waals surface area (Å²) in [6.07, 6.45) is 5.51. The molecule has 0 bridgehead atoms. The maximum absolute atomic E-state index is 4.38. The molecule has 0 fully saturated rings. The molecular weight excluding hydrogens is 344 g/mol. The normalized spacial score (nSPS) is 17.7. The molecule has 0 aliphatic heterocycles. The van der Waals surface area contributed by atoms with E-state index in [0.717, 1.165) is 5.52 Å². The number of rotatable bonds is 2. The van der Waals surface area contributed by atoms with E-state index in [2.05, 4.69) is 56.6 Å². The lowest BCUT2D eigenvalue weighted by Crippen LogP contribution is -2.15. The van der Waals surface area contributed by atoms with Gasteiger partial charge in [0.1, 0.15) is 0 Å². The van der Waals surface area contributed by atoms with Crippen molar-refractivity contribution >= 4 is 43.9 Å². The number of aromatic nitrogens is 1. The molecule has 1 N–H and O–H groups in total. The molecule has 4 heteroatoms. The Kier molecular flexibility index (Phi) is 3.43. The van der Waals surface area contributed by atoms with Crippen molar-refractivity contribution in [3.63, 3.8) is 0 Å². The highest BCUT2D eigenvalue weighted by Crippen LogP contribution is 2.39. The number of halogens is 1. The first-order valence-corrected chi connectivity index (χ1v) is 8.80. The lowest BCUT2D eigenvalue weighted by molar-refractivity contribution is 0.609. The maximum atomic E-state index is 4.38. The summed E-state index contributed by atoms with van der Waals surface area (Å²) in [4.78, 5) is 5.90. The fraction of sp³-hybridized carbons (Fsp3) is 0.235. The van der Waals surface area contributed by atoms with Gasteiger partial charge in [0.15, 0.2) is 0 Å². The van der Waals surface area contributed by atoms with Crippen molar-refractivity contribution in [3.8, 4) is 0 Å². The van der Waals surface area contributed by atoms with Gasteiger partial charge in [-0.3, -0.25) is 4.98 Å². The molecule has 1 aliphatic rings. The third kappa shape index (κ3) is 2.58. The van der Waals surface area contributed by atoms with Crippen molar-refractivity contribution in [2.75, 3.05) is 5.32 Å². The molecule has 0 saturated carbocycles. The Morgan fingerprint density at radius 1 is 1.24 bits per heavy atom. The second-order valence-corrected chi connectivity index (χ2v) is 7.95. The van der Waals surface area contributed by atoms with E-state index in [4.69, 9.17) is 0 Å². The summed E-state index contributed by atoms with van der Waals surface area (Å²) in [6.45, 7) is 0. The summed E-state index contributed by atoms with van der Waals surface area (Å²) in [5.74, 6) is 0. The Bertz CT molecular complexity index is 796.